The van der Waals surface area contributed by atoms with E-state index in [1.807, 2.05) is 25.1 Å². The van der Waals surface area contributed by atoms with E-state index >= 15 is 0 Å². The Kier molecular flexibility index (Phi) is 4.34. The molecule has 2 aromatic carbocycles. The van der Waals surface area contributed by atoms with Crippen LogP contribution in [0.4, 0.5) is 5.69 Å². The van der Waals surface area contributed by atoms with Crippen LogP contribution in [0, 0.1) is 0 Å². The smallest absolute Gasteiger partial charge is 0.257 e. The van der Waals surface area contributed by atoms with Crippen LogP contribution in [0.25, 0.3) is 5.69 Å². The Morgan fingerprint density at radius 1 is 1.17 bits per heavy atom. The summed E-state index contributed by atoms with van der Waals surface area (Å²) in [7, 11) is 0. The third-order valence-electron chi connectivity index (χ3n) is 3.35. The molecule has 0 aliphatic heterocycles. The zero-order valence-corrected chi connectivity index (χ0v) is 13.2. The average Bonchev–Trinajstić information content (AvgIpc) is 3.04. The van der Waals surface area contributed by atoms with E-state index in [-0.39, 0.29) is 5.91 Å². The van der Waals surface area contributed by atoms with Gasteiger partial charge in [0.25, 0.3) is 5.91 Å². The van der Waals surface area contributed by atoms with Gasteiger partial charge in [0.2, 0.25) is 0 Å². The van der Waals surface area contributed by atoms with Gasteiger partial charge in [-0.2, -0.15) is 4.68 Å². The molecule has 0 saturated heterocycles. The highest BCUT2D eigenvalue weighted by Gasteiger charge is 2.15. The number of tetrazole rings is 1. The molecular weight excluding hydrogens is 314 g/mol. The first-order valence-corrected chi connectivity index (χ1v) is 7.51. The topological polar surface area (TPSA) is 72.7 Å². The molecule has 0 spiro atoms. The van der Waals surface area contributed by atoms with Gasteiger partial charge < -0.3 is 5.32 Å². The van der Waals surface area contributed by atoms with Gasteiger partial charge in [-0.05, 0) is 34.7 Å². The minimum absolute atomic E-state index is 0.283. The van der Waals surface area contributed by atoms with Crippen LogP contribution in [-0.2, 0) is 6.42 Å². The fraction of sp³-hybridized carbons (Fsp3) is 0.125. The van der Waals surface area contributed by atoms with E-state index in [1.165, 1.54) is 0 Å². The number of carbonyl (C=O) groups is 1. The minimum atomic E-state index is -0.283. The Bertz CT molecular complexity index is 846. The lowest BCUT2D eigenvalue weighted by molar-refractivity contribution is 0.102. The van der Waals surface area contributed by atoms with E-state index in [9.17, 15) is 4.79 Å². The summed E-state index contributed by atoms with van der Waals surface area (Å²) < 4.78 is 1.61. The van der Waals surface area contributed by atoms with Crippen molar-refractivity contribution < 1.29 is 4.79 Å². The van der Waals surface area contributed by atoms with Crippen molar-refractivity contribution in [3.63, 3.8) is 0 Å². The van der Waals surface area contributed by atoms with Gasteiger partial charge in [0.15, 0.2) is 5.82 Å². The second-order valence-electron chi connectivity index (χ2n) is 4.81. The lowest BCUT2D eigenvalue weighted by atomic mass is 10.2. The highest BCUT2D eigenvalue weighted by molar-refractivity contribution is 6.34. The summed E-state index contributed by atoms with van der Waals surface area (Å²) in [6.45, 7) is 1.97. The first-order chi connectivity index (χ1) is 11.2. The minimum Gasteiger partial charge on any atom is -0.320 e. The monoisotopic (exact) mass is 327 g/mol. The summed E-state index contributed by atoms with van der Waals surface area (Å²) in [5.74, 6) is 0.429. The summed E-state index contributed by atoms with van der Waals surface area (Å²) in [4.78, 5) is 12.5. The molecule has 1 N–H and O–H groups in total. The van der Waals surface area contributed by atoms with E-state index in [0.29, 0.717) is 34.2 Å². The van der Waals surface area contributed by atoms with E-state index in [4.69, 9.17) is 11.6 Å². The maximum absolute atomic E-state index is 12.5. The number of amides is 1. The van der Waals surface area contributed by atoms with Crippen molar-refractivity contribution in [1.29, 1.82) is 0 Å². The number of para-hydroxylation sites is 2. The molecule has 0 aliphatic carbocycles. The molecule has 0 fully saturated rings. The van der Waals surface area contributed by atoms with Gasteiger partial charge in [-0.15, -0.1) is 5.10 Å². The molecule has 3 rings (SSSR count). The van der Waals surface area contributed by atoms with Crippen molar-refractivity contribution in [1.82, 2.24) is 20.2 Å². The van der Waals surface area contributed by atoms with Crippen LogP contribution in [0.3, 0.4) is 0 Å². The maximum atomic E-state index is 12.5. The molecule has 1 amide bonds. The number of halogens is 1. The largest absolute Gasteiger partial charge is 0.320 e. The zero-order valence-electron chi connectivity index (χ0n) is 12.4. The molecule has 0 saturated carbocycles. The predicted octanol–water partition coefficient (Wildman–Crippen LogP) is 3.13. The summed E-state index contributed by atoms with van der Waals surface area (Å²) in [5, 5.41) is 14.9. The lowest BCUT2D eigenvalue weighted by Gasteiger charge is -2.12. The third kappa shape index (κ3) is 3.07. The number of nitrogens with zero attached hydrogens (tertiary/aromatic N) is 4. The van der Waals surface area contributed by atoms with Crippen LogP contribution in [-0.4, -0.2) is 26.1 Å². The van der Waals surface area contributed by atoms with Crippen molar-refractivity contribution in [3.8, 4) is 5.69 Å². The van der Waals surface area contributed by atoms with Crippen LogP contribution < -0.4 is 5.32 Å². The Morgan fingerprint density at radius 2 is 1.91 bits per heavy atom. The summed E-state index contributed by atoms with van der Waals surface area (Å²) in [5.41, 5.74) is 1.73. The molecule has 7 heteroatoms. The second-order valence-corrected chi connectivity index (χ2v) is 5.22. The Balaban J connectivity index is 1.96. The van der Waals surface area contributed by atoms with Crippen LogP contribution in [0.2, 0.25) is 5.02 Å². The first-order valence-electron chi connectivity index (χ1n) is 7.13. The standard InChI is InChI=1S/C16H14ClN5O/c1-2-15-19-20-21-22(15)14-10-6-5-9-13(14)18-16(23)11-7-3-4-8-12(11)17/h3-10H,2H2,1H3,(H,18,23). The number of rotatable bonds is 4. The number of anilines is 1. The molecule has 1 aromatic heterocycles. The third-order valence-corrected chi connectivity index (χ3v) is 3.68. The van der Waals surface area contributed by atoms with E-state index in [1.54, 1.807) is 35.0 Å². The van der Waals surface area contributed by atoms with Gasteiger partial charge >= 0.3 is 0 Å². The molecule has 1 heterocycles. The molecule has 0 unspecified atom stereocenters. The first kappa shape index (κ1) is 15.2. The zero-order chi connectivity index (χ0) is 16.2. The molecule has 0 atom stereocenters. The van der Waals surface area contributed by atoms with E-state index in [0.717, 1.165) is 0 Å². The van der Waals surface area contributed by atoms with Gasteiger partial charge in [0.05, 0.1) is 22.0 Å². The Labute approximate surface area is 138 Å². The number of nitrogens with one attached hydrogen (secondary N) is 1. The fourth-order valence-corrected chi connectivity index (χ4v) is 2.43. The van der Waals surface area contributed by atoms with Crippen molar-refractivity contribution in [2.45, 2.75) is 13.3 Å². The average molecular weight is 328 g/mol. The van der Waals surface area contributed by atoms with Crippen LogP contribution >= 0.6 is 11.6 Å². The Morgan fingerprint density at radius 3 is 2.70 bits per heavy atom. The number of benzene rings is 2. The highest BCUT2D eigenvalue weighted by Crippen LogP contribution is 2.22. The number of aryl methyl sites for hydroxylation is 1. The van der Waals surface area contributed by atoms with Gasteiger partial charge in [0.1, 0.15) is 0 Å². The number of hydrogen-bond acceptors (Lipinski definition) is 4. The van der Waals surface area contributed by atoms with Crippen LogP contribution in [0.5, 0.6) is 0 Å². The molecule has 3 aromatic rings. The maximum Gasteiger partial charge on any atom is 0.257 e. The number of carbonyl (C=O) groups excluding carboxylic acids is 1. The predicted molar refractivity (Wildman–Crippen MR) is 87.9 cm³/mol. The normalized spacial score (nSPS) is 10.5. The van der Waals surface area contributed by atoms with Crippen LogP contribution in [0.15, 0.2) is 48.5 Å². The van der Waals surface area contributed by atoms with Gasteiger partial charge in [-0.25, -0.2) is 0 Å². The summed E-state index contributed by atoms with van der Waals surface area (Å²) in [6, 6.07) is 14.2. The molecule has 0 aliphatic rings. The van der Waals surface area contributed by atoms with Crippen molar-refractivity contribution in [2.24, 2.45) is 0 Å². The van der Waals surface area contributed by atoms with Crippen LogP contribution in [0.1, 0.15) is 23.1 Å². The van der Waals surface area contributed by atoms with E-state index < -0.39 is 0 Å². The summed E-state index contributed by atoms with van der Waals surface area (Å²) in [6.07, 6.45) is 0.680. The van der Waals surface area contributed by atoms with Crippen molar-refractivity contribution >= 4 is 23.2 Å². The highest BCUT2D eigenvalue weighted by atomic mass is 35.5. The van der Waals surface area contributed by atoms with E-state index in [2.05, 4.69) is 20.8 Å². The van der Waals surface area contributed by atoms with Gasteiger partial charge in [0, 0.05) is 6.42 Å². The second kappa shape index (κ2) is 6.58. The van der Waals surface area contributed by atoms with Gasteiger partial charge in [-0.1, -0.05) is 42.8 Å². The lowest BCUT2D eigenvalue weighted by Crippen LogP contribution is -2.15. The molecule has 0 radical (unpaired) electrons. The van der Waals surface area contributed by atoms with Crippen molar-refractivity contribution in [2.75, 3.05) is 5.32 Å². The molecule has 23 heavy (non-hydrogen) atoms. The number of aromatic nitrogens is 4. The molecule has 6 nitrogen and oxygen atoms in total. The Hall–Kier alpha value is -2.73. The quantitative estimate of drug-likeness (QED) is 0.799. The van der Waals surface area contributed by atoms with Gasteiger partial charge in [-0.3, -0.25) is 4.79 Å². The van der Waals surface area contributed by atoms with Crippen molar-refractivity contribution in [3.05, 3.63) is 64.9 Å². The fourth-order valence-electron chi connectivity index (χ4n) is 2.21. The SMILES string of the molecule is CCc1nnnn1-c1ccccc1NC(=O)c1ccccc1Cl. The molecule has 0 bridgehead atoms. The molecule has 116 valence electrons. The number of hydrogen-bond donors (Lipinski definition) is 1. The molecular formula is C16H14ClN5O. The summed E-state index contributed by atoms with van der Waals surface area (Å²) >= 11 is 6.07.